The fourth-order valence-electron chi connectivity index (χ4n) is 3.36. The molecule has 1 fully saturated rings. The van der Waals surface area contributed by atoms with Crippen molar-refractivity contribution in [3.8, 4) is 6.07 Å². The van der Waals surface area contributed by atoms with Crippen LogP contribution < -0.4 is 4.90 Å². The lowest BCUT2D eigenvalue weighted by Gasteiger charge is -2.31. The van der Waals surface area contributed by atoms with E-state index >= 15 is 0 Å². The predicted molar refractivity (Wildman–Crippen MR) is 85.4 cm³/mol. The summed E-state index contributed by atoms with van der Waals surface area (Å²) in [5.41, 5.74) is 2.81. The van der Waals surface area contributed by atoms with E-state index in [2.05, 4.69) is 41.9 Å². The number of nitriles is 1. The van der Waals surface area contributed by atoms with Gasteiger partial charge in [0, 0.05) is 12.6 Å². The van der Waals surface area contributed by atoms with Crippen LogP contribution in [-0.2, 0) is 12.8 Å². The molecule has 2 heterocycles. The largest absolute Gasteiger partial charge is 0.351 e. The Morgan fingerprint density at radius 1 is 1.14 bits per heavy atom. The van der Waals surface area contributed by atoms with Crippen LogP contribution in [0.4, 0.5) is 5.82 Å². The Kier molecular flexibility index (Phi) is 5.55. The standard InChI is InChI=1S/C17H26N4/c1-4-13-10-8-7-9-11-21(13)17-15(12-18)14(5-2)16(6-3)19-20-17/h13H,4-11H2,1-3H3. The molecule has 1 saturated heterocycles. The van der Waals surface area contributed by atoms with Gasteiger partial charge in [-0.15, -0.1) is 5.10 Å². The highest BCUT2D eigenvalue weighted by atomic mass is 15.3. The second-order valence-corrected chi connectivity index (χ2v) is 5.75. The summed E-state index contributed by atoms with van der Waals surface area (Å²) in [7, 11) is 0. The van der Waals surface area contributed by atoms with E-state index in [0.717, 1.165) is 48.4 Å². The molecule has 0 amide bonds. The van der Waals surface area contributed by atoms with Crippen LogP contribution in [-0.4, -0.2) is 22.8 Å². The quantitative estimate of drug-likeness (QED) is 0.848. The molecule has 4 heteroatoms. The summed E-state index contributed by atoms with van der Waals surface area (Å²) in [5.74, 6) is 0.820. The molecule has 0 spiro atoms. The first-order valence-corrected chi connectivity index (χ1v) is 8.31. The fraction of sp³-hybridized carbons (Fsp3) is 0.706. The molecular weight excluding hydrogens is 260 g/mol. The average Bonchev–Trinajstić information content (AvgIpc) is 2.78. The van der Waals surface area contributed by atoms with E-state index in [1.807, 2.05) is 0 Å². The van der Waals surface area contributed by atoms with Crippen molar-refractivity contribution in [2.24, 2.45) is 0 Å². The Bertz CT molecular complexity index is 518. The molecule has 1 aliphatic rings. The van der Waals surface area contributed by atoms with Crippen LogP contribution in [0.25, 0.3) is 0 Å². The molecular formula is C17H26N4. The van der Waals surface area contributed by atoms with E-state index < -0.39 is 0 Å². The summed E-state index contributed by atoms with van der Waals surface area (Å²) in [5, 5.41) is 18.5. The van der Waals surface area contributed by atoms with Crippen LogP contribution in [0.5, 0.6) is 0 Å². The monoisotopic (exact) mass is 286 g/mol. The molecule has 0 bridgehead atoms. The first kappa shape index (κ1) is 15.8. The van der Waals surface area contributed by atoms with Gasteiger partial charge in [-0.3, -0.25) is 0 Å². The second-order valence-electron chi connectivity index (χ2n) is 5.75. The van der Waals surface area contributed by atoms with E-state index in [-0.39, 0.29) is 0 Å². The Morgan fingerprint density at radius 3 is 2.57 bits per heavy atom. The third-order valence-corrected chi connectivity index (χ3v) is 4.56. The van der Waals surface area contributed by atoms with Gasteiger partial charge in [0.05, 0.1) is 5.69 Å². The maximum atomic E-state index is 9.67. The van der Waals surface area contributed by atoms with Gasteiger partial charge < -0.3 is 4.90 Å². The smallest absolute Gasteiger partial charge is 0.169 e. The summed E-state index contributed by atoms with van der Waals surface area (Å²) >= 11 is 0. The Labute approximate surface area is 128 Å². The molecule has 0 radical (unpaired) electrons. The highest BCUT2D eigenvalue weighted by molar-refractivity contribution is 5.58. The van der Waals surface area contributed by atoms with Gasteiger partial charge in [-0.25, -0.2) is 0 Å². The van der Waals surface area contributed by atoms with Crippen molar-refractivity contribution in [1.29, 1.82) is 5.26 Å². The first-order chi connectivity index (χ1) is 10.3. The van der Waals surface area contributed by atoms with E-state index in [4.69, 9.17) is 0 Å². The van der Waals surface area contributed by atoms with E-state index in [9.17, 15) is 5.26 Å². The Morgan fingerprint density at radius 2 is 1.95 bits per heavy atom. The molecule has 114 valence electrons. The molecule has 1 atom stereocenters. The van der Waals surface area contributed by atoms with Gasteiger partial charge in [0.25, 0.3) is 0 Å². The molecule has 1 aliphatic heterocycles. The molecule has 4 nitrogen and oxygen atoms in total. The van der Waals surface area contributed by atoms with Crippen LogP contribution in [0.2, 0.25) is 0 Å². The number of hydrogen-bond acceptors (Lipinski definition) is 4. The minimum Gasteiger partial charge on any atom is -0.351 e. The lowest BCUT2D eigenvalue weighted by molar-refractivity contribution is 0.549. The van der Waals surface area contributed by atoms with Gasteiger partial charge in [-0.2, -0.15) is 10.4 Å². The molecule has 0 aliphatic carbocycles. The average molecular weight is 286 g/mol. The Balaban J connectivity index is 2.49. The molecule has 1 unspecified atom stereocenters. The second kappa shape index (κ2) is 7.40. The zero-order chi connectivity index (χ0) is 15.2. The molecule has 2 rings (SSSR count). The minimum atomic E-state index is 0.492. The van der Waals surface area contributed by atoms with Gasteiger partial charge in [0.2, 0.25) is 0 Å². The van der Waals surface area contributed by atoms with Crippen LogP contribution in [0.1, 0.15) is 69.7 Å². The van der Waals surface area contributed by atoms with Crippen molar-refractivity contribution < 1.29 is 0 Å². The molecule has 0 aromatic carbocycles. The van der Waals surface area contributed by atoms with Crippen molar-refractivity contribution >= 4 is 5.82 Å². The number of aryl methyl sites for hydroxylation is 1. The minimum absolute atomic E-state index is 0.492. The van der Waals surface area contributed by atoms with Crippen molar-refractivity contribution in [1.82, 2.24) is 10.2 Å². The summed E-state index contributed by atoms with van der Waals surface area (Å²) in [6, 6.07) is 2.90. The predicted octanol–water partition coefficient (Wildman–Crippen LogP) is 3.63. The maximum absolute atomic E-state index is 9.67. The molecule has 1 aromatic heterocycles. The molecule has 0 saturated carbocycles. The van der Waals surface area contributed by atoms with E-state index in [1.165, 1.54) is 25.7 Å². The van der Waals surface area contributed by atoms with Crippen molar-refractivity contribution in [2.45, 2.75) is 71.8 Å². The molecule has 21 heavy (non-hydrogen) atoms. The molecule has 0 N–H and O–H groups in total. The third kappa shape index (κ3) is 3.18. The number of anilines is 1. The summed E-state index contributed by atoms with van der Waals surface area (Å²) in [6.45, 7) is 7.39. The van der Waals surface area contributed by atoms with Crippen molar-refractivity contribution in [3.63, 3.8) is 0 Å². The van der Waals surface area contributed by atoms with Gasteiger partial charge >= 0.3 is 0 Å². The number of hydrogen-bond donors (Lipinski definition) is 0. The van der Waals surface area contributed by atoms with Crippen molar-refractivity contribution in [2.75, 3.05) is 11.4 Å². The Hall–Kier alpha value is -1.63. The third-order valence-electron chi connectivity index (χ3n) is 4.56. The summed E-state index contributed by atoms with van der Waals surface area (Å²) in [4.78, 5) is 2.34. The van der Waals surface area contributed by atoms with Crippen molar-refractivity contribution in [3.05, 3.63) is 16.8 Å². The van der Waals surface area contributed by atoms with Gasteiger partial charge in [0.1, 0.15) is 11.6 Å². The number of rotatable bonds is 4. The maximum Gasteiger partial charge on any atom is 0.169 e. The highest BCUT2D eigenvalue weighted by Crippen LogP contribution is 2.29. The number of nitrogens with zero attached hydrogens (tertiary/aromatic N) is 4. The zero-order valence-corrected chi connectivity index (χ0v) is 13.5. The van der Waals surface area contributed by atoms with E-state index in [1.54, 1.807) is 0 Å². The summed E-state index contributed by atoms with van der Waals surface area (Å²) in [6.07, 6.45) is 7.71. The van der Waals surface area contributed by atoms with Crippen LogP contribution in [0, 0.1) is 11.3 Å². The summed E-state index contributed by atoms with van der Waals surface area (Å²) < 4.78 is 0. The normalized spacial score (nSPS) is 19.1. The lowest BCUT2D eigenvalue weighted by atomic mass is 10.0. The SMILES string of the molecule is CCc1nnc(N2CCCCCC2CC)c(C#N)c1CC. The number of aromatic nitrogens is 2. The lowest BCUT2D eigenvalue weighted by Crippen LogP contribution is -2.36. The highest BCUT2D eigenvalue weighted by Gasteiger charge is 2.25. The fourth-order valence-corrected chi connectivity index (χ4v) is 3.36. The topological polar surface area (TPSA) is 52.8 Å². The molecule has 1 aromatic rings. The van der Waals surface area contributed by atoms with Gasteiger partial charge in [-0.05, 0) is 37.7 Å². The zero-order valence-electron chi connectivity index (χ0n) is 13.5. The van der Waals surface area contributed by atoms with Gasteiger partial charge in [-0.1, -0.05) is 33.6 Å². The van der Waals surface area contributed by atoms with Crippen LogP contribution in [0.15, 0.2) is 0 Å². The van der Waals surface area contributed by atoms with Crippen LogP contribution >= 0.6 is 0 Å². The first-order valence-electron chi connectivity index (χ1n) is 8.31. The van der Waals surface area contributed by atoms with Crippen LogP contribution in [0.3, 0.4) is 0 Å². The van der Waals surface area contributed by atoms with E-state index in [0.29, 0.717) is 6.04 Å². The van der Waals surface area contributed by atoms with Gasteiger partial charge in [0.15, 0.2) is 5.82 Å².